The van der Waals surface area contributed by atoms with Gasteiger partial charge in [-0.15, -0.1) is 0 Å². The van der Waals surface area contributed by atoms with Crippen LogP contribution in [0.3, 0.4) is 0 Å². The molecule has 0 aromatic carbocycles. The Bertz CT molecular complexity index is 262. The second-order valence-electron chi connectivity index (χ2n) is 5.39. The lowest BCUT2D eigenvalue weighted by Gasteiger charge is -2.19. The number of likely N-dealkylation sites (N-methyl/N-ethyl adjacent to an activating group) is 1. The molecule has 4 nitrogen and oxygen atoms in total. The first-order chi connectivity index (χ1) is 7.72. The van der Waals surface area contributed by atoms with Gasteiger partial charge in [0.1, 0.15) is 6.61 Å². The van der Waals surface area contributed by atoms with E-state index >= 15 is 0 Å². The highest BCUT2D eigenvalue weighted by Crippen LogP contribution is 2.17. The van der Waals surface area contributed by atoms with Crippen LogP contribution in [0.25, 0.3) is 0 Å². The quantitative estimate of drug-likeness (QED) is 0.558. The Morgan fingerprint density at radius 2 is 2.00 bits per heavy atom. The van der Waals surface area contributed by atoms with E-state index in [2.05, 4.69) is 20.8 Å². The van der Waals surface area contributed by atoms with Crippen molar-refractivity contribution in [3.8, 4) is 0 Å². The van der Waals surface area contributed by atoms with Gasteiger partial charge in [0.15, 0.2) is 0 Å². The van der Waals surface area contributed by atoms with Gasteiger partial charge in [0.2, 0.25) is 5.91 Å². The SMILES string of the molecule is CN(CCC(N)=S)C(=O)COCCC(C)(C)C. The van der Waals surface area contributed by atoms with E-state index in [9.17, 15) is 4.79 Å². The van der Waals surface area contributed by atoms with Crippen molar-refractivity contribution in [3.05, 3.63) is 0 Å². The van der Waals surface area contributed by atoms with Gasteiger partial charge >= 0.3 is 0 Å². The first kappa shape index (κ1) is 16.3. The Morgan fingerprint density at radius 3 is 2.47 bits per heavy atom. The lowest BCUT2D eigenvalue weighted by Crippen LogP contribution is -2.33. The van der Waals surface area contributed by atoms with Crippen LogP contribution >= 0.6 is 12.2 Å². The van der Waals surface area contributed by atoms with Crippen LogP contribution in [0.2, 0.25) is 0 Å². The fourth-order valence-electron chi connectivity index (χ4n) is 1.05. The minimum absolute atomic E-state index is 0.0323. The zero-order chi connectivity index (χ0) is 13.5. The fourth-order valence-corrected chi connectivity index (χ4v) is 1.14. The molecule has 0 heterocycles. The summed E-state index contributed by atoms with van der Waals surface area (Å²) in [5, 5.41) is 0. The van der Waals surface area contributed by atoms with E-state index in [1.54, 1.807) is 11.9 Å². The molecule has 0 saturated heterocycles. The molecule has 0 saturated carbocycles. The van der Waals surface area contributed by atoms with Gasteiger partial charge in [-0.2, -0.15) is 0 Å². The number of hydrogen-bond donors (Lipinski definition) is 1. The van der Waals surface area contributed by atoms with Crippen LogP contribution in [0.1, 0.15) is 33.6 Å². The molecule has 17 heavy (non-hydrogen) atoms. The van der Waals surface area contributed by atoms with Gasteiger partial charge in [-0.3, -0.25) is 4.79 Å². The van der Waals surface area contributed by atoms with Crippen LogP contribution in [-0.2, 0) is 9.53 Å². The van der Waals surface area contributed by atoms with Crippen molar-refractivity contribution in [1.29, 1.82) is 0 Å². The lowest BCUT2D eigenvalue weighted by molar-refractivity contribution is -0.134. The zero-order valence-corrected chi connectivity index (χ0v) is 12.1. The van der Waals surface area contributed by atoms with Gasteiger partial charge < -0.3 is 15.4 Å². The highest BCUT2D eigenvalue weighted by atomic mass is 32.1. The number of thiocarbonyl (C=S) groups is 1. The number of hydrogen-bond acceptors (Lipinski definition) is 3. The van der Waals surface area contributed by atoms with Crippen LogP contribution in [-0.4, -0.2) is 42.6 Å². The summed E-state index contributed by atoms with van der Waals surface area (Å²) in [6, 6.07) is 0. The largest absolute Gasteiger partial charge is 0.393 e. The van der Waals surface area contributed by atoms with E-state index in [0.717, 1.165) is 6.42 Å². The van der Waals surface area contributed by atoms with Crippen LogP contribution < -0.4 is 5.73 Å². The van der Waals surface area contributed by atoms with Gasteiger partial charge in [0, 0.05) is 26.6 Å². The van der Waals surface area contributed by atoms with Crippen LogP contribution in [0, 0.1) is 5.41 Å². The summed E-state index contributed by atoms with van der Waals surface area (Å²) < 4.78 is 5.34. The van der Waals surface area contributed by atoms with Crippen LogP contribution in [0.4, 0.5) is 0 Å². The summed E-state index contributed by atoms with van der Waals surface area (Å²) in [7, 11) is 1.73. The molecule has 0 bridgehead atoms. The summed E-state index contributed by atoms with van der Waals surface area (Å²) in [4.78, 5) is 13.6. The molecule has 0 spiro atoms. The number of nitrogens with two attached hydrogens (primary N) is 1. The second kappa shape index (κ2) is 7.61. The highest BCUT2D eigenvalue weighted by Gasteiger charge is 2.12. The summed E-state index contributed by atoms with van der Waals surface area (Å²) in [5.41, 5.74) is 5.61. The molecule has 0 radical (unpaired) electrons. The van der Waals surface area contributed by atoms with Crippen molar-refractivity contribution in [2.75, 3.05) is 26.8 Å². The Hall–Kier alpha value is -0.680. The smallest absolute Gasteiger partial charge is 0.248 e. The maximum absolute atomic E-state index is 11.6. The average molecular weight is 260 g/mol. The van der Waals surface area contributed by atoms with Crippen molar-refractivity contribution in [3.63, 3.8) is 0 Å². The van der Waals surface area contributed by atoms with Crippen molar-refractivity contribution in [2.45, 2.75) is 33.6 Å². The van der Waals surface area contributed by atoms with Crippen molar-refractivity contribution >= 4 is 23.1 Å². The maximum atomic E-state index is 11.6. The van der Waals surface area contributed by atoms with Gasteiger partial charge in [0.05, 0.1) is 4.99 Å². The van der Waals surface area contributed by atoms with Crippen LogP contribution in [0.5, 0.6) is 0 Å². The molecule has 0 aromatic rings. The molecule has 0 aliphatic rings. The predicted octanol–water partition coefficient (Wildman–Crippen LogP) is 1.57. The number of ether oxygens (including phenoxy) is 1. The third kappa shape index (κ3) is 10.2. The molecule has 0 aliphatic heterocycles. The van der Waals surface area contributed by atoms with E-state index in [1.165, 1.54) is 0 Å². The number of amides is 1. The maximum Gasteiger partial charge on any atom is 0.248 e. The number of carbonyl (C=O) groups is 1. The number of nitrogens with zero attached hydrogens (tertiary/aromatic N) is 1. The first-order valence-corrected chi connectivity index (χ1v) is 6.23. The Balaban J connectivity index is 3.68. The van der Waals surface area contributed by atoms with Crippen molar-refractivity contribution < 1.29 is 9.53 Å². The topological polar surface area (TPSA) is 55.6 Å². The Kier molecular flexibility index (Phi) is 7.30. The predicted molar refractivity (Wildman–Crippen MR) is 73.9 cm³/mol. The third-order valence-electron chi connectivity index (χ3n) is 2.34. The standard InChI is InChI=1S/C12H24N2O2S/c1-12(2,3)6-8-16-9-11(15)14(4)7-5-10(13)17/h5-9H2,1-4H3,(H2,13,17). The van der Waals surface area contributed by atoms with Gasteiger partial charge in [-0.25, -0.2) is 0 Å². The number of carbonyl (C=O) groups excluding carboxylic acids is 1. The van der Waals surface area contributed by atoms with E-state index in [0.29, 0.717) is 24.6 Å². The molecule has 0 atom stereocenters. The summed E-state index contributed by atoms with van der Waals surface area (Å²) in [5.74, 6) is -0.0323. The molecule has 0 rings (SSSR count). The van der Waals surface area contributed by atoms with E-state index in [4.69, 9.17) is 22.7 Å². The lowest BCUT2D eigenvalue weighted by atomic mass is 9.93. The normalized spacial score (nSPS) is 11.3. The molecule has 100 valence electrons. The van der Waals surface area contributed by atoms with Gasteiger partial charge in [-0.05, 0) is 11.8 Å². The van der Waals surface area contributed by atoms with Crippen LogP contribution in [0.15, 0.2) is 0 Å². The van der Waals surface area contributed by atoms with E-state index in [1.807, 2.05) is 0 Å². The summed E-state index contributed by atoms with van der Waals surface area (Å²) in [6.45, 7) is 7.73. The minimum Gasteiger partial charge on any atom is -0.393 e. The highest BCUT2D eigenvalue weighted by molar-refractivity contribution is 7.80. The molecule has 0 unspecified atom stereocenters. The molecule has 0 fully saturated rings. The molecule has 2 N–H and O–H groups in total. The molecule has 0 aromatic heterocycles. The molecule has 1 amide bonds. The first-order valence-electron chi connectivity index (χ1n) is 5.82. The minimum atomic E-state index is -0.0323. The molecular weight excluding hydrogens is 236 g/mol. The van der Waals surface area contributed by atoms with E-state index in [-0.39, 0.29) is 17.9 Å². The molecular formula is C12H24N2O2S. The van der Waals surface area contributed by atoms with Crippen molar-refractivity contribution in [2.24, 2.45) is 11.1 Å². The second-order valence-corrected chi connectivity index (χ2v) is 5.92. The van der Waals surface area contributed by atoms with Gasteiger partial charge in [0.25, 0.3) is 0 Å². The summed E-state index contributed by atoms with van der Waals surface area (Å²) in [6.07, 6.45) is 1.50. The molecule has 0 aliphatic carbocycles. The number of rotatable bonds is 7. The summed E-state index contributed by atoms with van der Waals surface area (Å²) >= 11 is 4.76. The van der Waals surface area contributed by atoms with Crippen molar-refractivity contribution in [1.82, 2.24) is 4.90 Å². The fraction of sp³-hybridized carbons (Fsp3) is 0.833. The Labute approximate surface area is 109 Å². The Morgan fingerprint density at radius 1 is 1.41 bits per heavy atom. The van der Waals surface area contributed by atoms with E-state index < -0.39 is 0 Å². The monoisotopic (exact) mass is 260 g/mol. The van der Waals surface area contributed by atoms with Gasteiger partial charge in [-0.1, -0.05) is 33.0 Å². The zero-order valence-electron chi connectivity index (χ0n) is 11.3. The molecule has 5 heteroatoms. The average Bonchev–Trinajstić information content (AvgIpc) is 2.19. The third-order valence-corrected chi connectivity index (χ3v) is 2.55.